The molecule has 0 heterocycles. The molecule has 71 heavy (non-hydrogen) atoms. The molecule has 0 saturated heterocycles. The van der Waals surface area contributed by atoms with Crippen molar-refractivity contribution >= 4 is 5.97 Å². The third-order valence-corrected chi connectivity index (χ3v) is 13.9. The standard InChI is InChI=1S/C31H56N2O4.C30H56N2O2/c1-22(36-32(30(10,11)12)23(2)28(4,5)6)27(34)35-21-26(25-19-17-16-18-20-25)37-33(31(13,14)15)24(3)29(7,8)9;1-21(33-31(29(11,12)13)23(3)27(5,6)7)25-17-19-26(20-18-25)22(2)34-32(30(14,15)16)24(4)28(8,9)10/h16-20,22-24,26H,21H2,1-15H3;17-24H,1-16H3. The van der Waals surface area contributed by atoms with Crippen molar-refractivity contribution in [3.8, 4) is 0 Å². The van der Waals surface area contributed by atoms with E-state index in [4.69, 9.17) is 24.1 Å². The Kier molecular flexibility index (Phi) is 23.8. The van der Waals surface area contributed by atoms with Gasteiger partial charge in [0.2, 0.25) is 0 Å². The molecular weight excluding hydrogens is 885 g/mol. The molecule has 0 fully saturated rings. The Balaban J connectivity index is 0.000000713. The van der Waals surface area contributed by atoms with E-state index in [0.29, 0.717) is 0 Å². The highest BCUT2D eigenvalue weighted by molar-refractivity contribution is 5.74. The lowest BCUT2D eigenvalue weighted by molar-refractivity contribution is -0.289. The molecule has 2 rings (SSSR count). The summed E-state index contributed by atoms with van der Waals surface area (Å²) in [5.74, 6) is -0.411. The molecule has 2 aromatic rings. The fourth-order valence-corrected chi connectivity index (χ4v) is 7.71. The van der Waals surface area contributed by atoms with Gasteiger partial charge in [0.1, 0.15) is 24.9 Å². The summed E-state index contributed by atoms with van der Waals surface area (Å²) >= 11 is 0. The van der Waals surface area contributed by atoms with Crippen LogP contribution < -0.4 is 0 Å². The highest BCUT2D eigenvalue weighted by Gasteiger charge is 2.40. The zero-order valence-corrected chi connectivity index (χ0v) is 51.8. The number of benzene rings is 2. The number of nitrogens with zero attached hydrogens (tertiary/aromatic N) is 4. The van der Waals surface area contributed by atoms with Crippen LogP contribution in [0.15, 0.2) is 54.6 Å². The van der Waals surface area contributed by atoms with E-state index in [9.17, 15) is 4.79 Å². The molecule has 10 nitrogen and oxygen atoms in total. The first-order valence-electron chi connectivity index (χ1n) is 26.8. The predicted octanol–water partition coefficient (Wildman–Crippen LogP) is 16.3. The third kappa shape index (κ3) is 21.4. The van der Waals surface area contributed by atoms with Crippen molar-refractivity contribution in [2.45, 2.75) is 285 Å². The summed E-state index contributed by atoms with van der Waals surface area (Å²) in [6.45, 7) is 67.6. The van der Waals surface area contributed by atoms with Gasteiger partial charge in [0.05, 0.1) is 0 Å². The number of esters is 1. The summed E-state index contributed by atoms with van der Waals surface area (Å²) in [6.07, 6.45) is -1.29. The molecule has 0 amide bonds. The lowest BCUT2D eigenvalue weighted by atomic mass is 9.86. The van der Waals surface area contributed by atoms with Gasteiger partial charge in [-0.05, 0) is 170 Å². The van der Waals surface area contributed by atoms with E-state index >= 15 is 0 Å². The number of carbonyl (C=O) groups is 1. The molecule has 0 N–H and O–H groups in total. The van der Waals surface area contributed by atoms with E-state index in [1.165, 1.54) is 11.1 Å². The number of hydrogen-bond acceptors (Lipinski definition) is 10. The average molecular weight is 998 g/mol. The van der Waals surface area contributed by atoms with Crippen LogP contribution in [0.5, 0.6) is 0 Å². The zero-order valence-electron chi connectivity index (χ0n) is 51.8. The molecule has 0 aromatic heterocycles. The van der Waals surface area contributed by atoms with E-state index in [2.05, 4.69) is 242 Å². The molecule has 0 saturated carbocycles. The molecule has 0 aliphatic rings. The van der Waals surface area contributed by atoms with Gasteiger partial charge in [0.15, 0.2) is 6.10 Å². The second-order valence-electron chi connectivity index (χ2n) is 28.7. The van der Waals surface area contributed by atoms with Gasteiger partial charge in [-0.25, -0.2) is 4.79 Å². The smallest absolute Gasteiger partial charge is 0.337 e. The summed E-state index contributed by atoms with van der Waals surface area (Å²) in [7, 11) is 0. The van der Waals surface area contributed by atoms with Crippen molar-refractivity contribution < 1.29 is 28.9 Å². The molecular formula is C61H112N4O6. The molecule has 412 valence electrons. The van der Waals surface area contributed by atoms with Crippen molar-refractivity contribution in [3.63, 3.8) is 0 Å². The van der Waals surface area contributed by atoms with Crippen LogP contribution in [0, 0.1) is 21.7 Å². The quantitative estimate of drug-likeness (QED) is 0.106. The van der Waals surface area contributed by atoms with Gasteiger partial charge in [-0.15, -0.1) is 0 Å². The second kappa shape index (κ2) is 25.4. The van der Waals surface area contributed by atoms with Crippen molar-refractivity contribution in [2.24, 2.45) is 21.7 Å². The molecule has 8 unspecified atom stereocenters. The maximum Gasteiger partial charge on any atom is 0.337 e. The molecule has 10 heteroatoms. The van der Waals surface area contributed by atoms with Gasteiger partial charge in [0.25, 0.3) is 0 Å². The summed E-state index contributed by atoms with van der Waals surface area (Å²) in [5, 5.41) is 8.32. The first kappa shape index (κ1) is 66.6. The first-order valence-corrected chi connectivity index (χ1v) is 26.8. The lowest BCUT2D eigenvalue weighted by Crippen LogP contribution is -2.54. The van der Waals surface area contributed by atoms with Crippen molar-refractivity contribution in [2.75, 3.05) is 6.61 Å². The number of hydroxylamine groups is 8. The number of rotatable bonds is 18. The SMILES string of the molecule is CC(ON(C(C)C(C)(C)C)C(C)(C)C)C(=O)OCC(ON(C(C)C(C)(C)C)C(C)(C)C)c1ccccc1.CC(ON(C(C)C(C)(C)C)C(C)(C)C)c1ccc(C(C)ON(C(C)C(C)(C)C)C(C)(C)C)cc1. The van der Waals surface area contributed by atoms with Gasteiger partial charge < -0.3 is 4.74 Å². The second-order valence-corrected chi connectivity index (χ2v) is 28.7. The fourth-order valence-electron chi connectivity index (χ4n) is 7.71. The van der Waals surface area contributed by atoms with Gasteiger partial charge in [-0.1, -0.05) is 138 Å². The molecule has 0 bridgehead atoms. The van der Waals surface area contributed by atoms with E-state index < -0.39 is 18.2 Å². The zero-order chi connectivity index (χ0) is 55.8. The normalized spacial score (nSPS) is 17.3. The van der Waals surface area contributed by atoms with E-state index in [1.54, 1.807) is 6.92 Å². The predicted molar refractivity (Wildman–Crippen MR) is 299 cm³/mol. The topological polar surface area (TPSA) is 76.2 Å². The lowest BCUT2D eigenvalue weighted by Gasteiger charge is -2.46. The largest absolute Gasteiger partial charge is 0.460 e. The number of ether oxygens (including phenoxy) is 1. The van der Waals surface area contributed by atoms with E-state index in [1.807, 2.05) is 40.5 Å². The highest BCUT2D eigenvalue weighted by Crippen LogP contribution is 2.37. The molecule has 0 aliphatic heterocycles. The van der Waals surface area contributed by atoms with Crippen LogP contribution in [0.4, 0.5) is 0 Å². The monoisotopic (exact) mass is 997 g/mol. The summed E-state index contributed by atoms with van der Waals surface area (Å²) in [6, 6.07) is 19.4. The van der Waals surface area contributed by atoms with Gasteiger partial charge >= 0.3 is 5.97 Å². The van der Waals surface area contributed by atoms with Crippen LogP contribution in [-0.4, -0.2) is 85.3 Å². The van der Waals surface area contributed by atoms with Crippen molar-refractivity contribution in [1.82, 2.24) is 20.3 Å². The highest BCUT2D eigenvalue weighted by atomic mass is 16.7. The van der Waals surface area contributed by atoms with Crippen LogP contribution >= 0.6 is 0 Å². The Hall–Kier alpha value is -2.41. The molecule has 0 radical (unpaired) electrons. The van der Waals surface area contributed by atoms with Crippen LogP contribution in [-0.2, 0) is 28.9 Å². The fraction of sp³-hybridized carbons (Fsp3) is 0.787. The molecule has 0 aliphatic carbocycles. The summed E-state index contributed by atoms with van der Waals surface area (Å²) < 4.78 is 5.84. The van der Waals surface area contributed by atoms with E-state index in [-0.39, 0.29) is 86.8 Å². The number of carbonyl (C=O) groups excluding carboxylic acids is 1. The average Bonchev–Trinajstić information content (AvgIpc) is 3.20. The van der Waals surface area contributed by atoms with Crippen LogP contribution in [0.1, 0.15) is 250 Å². The van der Waals surface area contributed by atoms with Gasteiger partial charge in [-0.3, -0.25) is 19.4 Å². The van der Waals surface area contributed by atoms with Crippen LogP contribution in [0.2, 0.25) is 0 Å². The minimum Gasteiger partial charge on any atom is -0.460 e. The minimum absolute atomic E-state index is 0.00624. The minimum atomic E-state index is -0.757. The van der Waals surface area contributed by atoms with Crippen molar-refractivity contribution in [3.05, 3.63) is 71.3 Å². The summed E-state index contributed by atoms with van der Waals surface area (Å²) in [5.41, 5.74) is 2.77. The van der Waals surface area contributed by atoms with Crippen LogP contribution in [0.3, 0.4) is 0 Å². The Morgan fingerprint density at radius 2 is 0.648 bits per heavy atom. The van der Waals surface area contributed by atoms with Crippen molar-refractivity contribution in [1.29, 1.82) is 0 Å². The maximum absolute atomic E-state index is 13.1. The van der Waals surface area contributed by atoms with E-state index in [0.717, 1.165) is 5.56 Å². The van der Waals surface area contributed by atoms with Gasteiger partial charge in [0, 0.05) is 46.3 Å². The molecule has 8 atom stereocenters. The summed E-state index contributed by atoms with van der Waals surface area (Å²) in [4.78, 5) is 39.1. The number of hydrogen-bond donors (Lipinski definition) is 0. The Bertz CT molecular complexity index is 1780. The Labute approximate surface area is 438 Å². The Morgan fingerprint density at radius 3 is 0.915 bits per heavy atom. The first-order chi connectivity index (χ1) is 31.6. The molecule has 0 spiro atoms. The third-order valence-electron chi connectivity index (χ3n) is 13.9. The Morgan fingerprint density at radius 1 is 0.380 bits per heavy atom. The maximum atomic E-state index is 13.1. The van der Waals surface area contributed by atoms with Gasteiger partial charge in [-0.2, -0.15) is 20.3 Å². The van der Waals surface area contributed by atoms with Crippen LogP contribution in [0.25, 0.3) is 0 Å². The molecule has 2 aromatic carbocycles.